The summed E-state index contributed by atoms with van der Waals surface area (Å²) in [6.45, 7) is 6.51. The van der Waals surface area contributed by atoms with Crippen LogP contribution < -0.4 is 5.32 Å². The maximum Gasteiger partial charge on any atom is 0.306 e. The van der Waals surface area contributed by atoms with Crippen LogP contribution in [0.3, 0.4) is 0 Å². The van der Waals surface area contributed by atoms with Crippen LogP contribution in [0, 0.1) is 0 Å². The average Bonchev–Trinajstić information content (AvgIpc) is 3.25. The minimum atomic E-state index is -0.779. The van der Waals surface area contributed by atoms with E-state index in [9.17, 15) is 19.8 Å². The Balaban J connectivity index is 4.33. The maximum absolute atomic E-state index is 13.2. The molecule has 0 aliphatic rings. The fraction of sp³-hybridized carbons (Fsp3) is 0.964. The van der Waals surface area contributed by atoms with Crippen LogP contribution in [0.15, 0.2) is 0 Å². The van der Waals surface area contributed by atoms with Gasteiger partial charge in [0.05, 0.1) is 25.2 Å². The number of nitrogens with one attached hydrogen (secondary N) is 1. The molecule has 3 unspecified atom stereocenters. The van der Waals surface area contributed by atoms with Crippen molar-refractivity contribution in [3.8, 4) is 0 Å². The van der Waals surface area contributed by atoms with Crippen molar-refractivity contribution in [1.82, 2.24) is 5.32 Å². The molecular weight excluding hydrogens is 755 g/mol. The van der Waals surface area contributed by atoms with E-state index >= 15 is 0 Å². The maximum atomic E-state index is 13.2. The summed E-state index contributed by atoms with van der Waals surface area (Å²) in [5.74, 6) is -0.450. The number of carbonyl (C=O) groups is 2. The lowest BCUT2D eigenvalue weighted by atomic mass is 10.0. The summed E-state index contributed by atoms with van der Waals surface area (Å²) in [6.07, 6.45) is 54.6. The molecule has 0 aliphatic carbocycles. The van der Waals surface area contributed by atoms with Crippen LogP contribution in [0.2, 0.25) is 0 Å². The molecular formula is C55H109NO5. The lowest BCUT2D eigenvalue weighted by Gasteiger charge is -2.24. The van der Waals surface area contributed by atoms with Crippen molar-refractivity contribution in [3.05, 3.63) is 0 Å². The Morgan fingerprint density at radius 2 is 0.689 bits per heavy atom. The molecule has 0 aromatic heterocycles. The first-order valence-corrected chi connectivity index (χ1v) is 27.8. The molecule has 0 saturated carbocycles. The predicted molar refractivity (Wildman–Crippen MR) is 264 cm³/mol. The molecule has 0 rings (SSSR count). The first-order valence-electron chi connectivity index (χ1n) is 27.8. The van der Waals surface area contributed by atoms with Crippen molar-refractivity contribution in [1.29, 1.82) is 0 Å². The second-order valence-corrected chi connectivity index (χ2v) is 19.4. The van der Waals surface area contributed by atoms with Crippen LogP contribution in [0.4, 0.5) is 0 Å². The minimum Gasteiger partial charge on any atom is -0.462 e. The monoisotopic (exact) mass is 864 g/mol. The zero-order valence-electron chi connectivity index (χ0n) is 41.6. The number of unbranched alkanes of at least 4 members (excludes halogenated alkanes) is 39. The normalized spacial score (nSPS) is 13.1. The summed E-state index contributed by atoms with van der Waals surface area (Å²) in [5, 5.41) is 23.8. The summed E-state index contributed by atoms with van der Waals surface area (Å²) in [6, 6.07) is -0.692. The van der Waals surface area contributed by atoms with E-state index in [1.807, 2.05) is 0 Å². The van der Waals surface area contributed by atoms with Crippen LogP contribution in [0.5, 0.6) is 0 Å². The van der Waals surface area contributed by atoms with Crippen molar-refractivity contribution in [2.24, 2.45) is 0 Å². The zero-order valence-corrected chi connectivity index (χ0v) is 41.6. The number of esters is 1. The van der Waals surface area contributed by atoms with Gasteiger partial charge in [-0.05, 0) is 25.7 Å². The van der Waals surface area contributed by atoms with Crippen molar-refractivity contribution in [2.75, 3.05) is 6.61 Å². The van der Waals surface area contributed by atoms with E-state index < -0.39 is 18.2 Å². The Hall–Kier alpha value is -1.14. The van der Waals surface area contributed by atoms with Gasteiger partial charge in [-0.15, -0.1) is 0 Å². The largest absolute Gasteiger partial charge is 0.462 e. The summed E-state index contributed by atoms with van der Waals surface area (Å²) in [7, 11) is 0. The van der Waals surface area contributed by atoms with Gasteiger partial charge in [0.15, 0.2) is 0 Å². The van der Waals surface area contributed by atoms with Crippen LogP contribution >= 0.6 is 0 Å². The number of aliphatic hydroxyl groups excluding tert-OH is 2. The second-order valence-electron chi connectivity index (χ2n) is 19.4. The quantitative estimate of drug-likeness (QED) is 0.0418. The van der Waals surface area contributed by atoms with Crippen LogP contribution in [0.25, 0.3) is 0 Å². The van der Waals surface area contributed by atoms with Gasteiger partial charge in [0, 0.05) is 6.42 Å². The van der Waals surface area contributed by atoms with Crippen LogP contribution in [-0.2, 0) is 14.3 Å². The third-order valence-electron chi connectivity index (χ3n) is 13.2. The number of amides is 1. The number of aliphatic hydroxyl groups is 2. The highest BCUT2D eigenvalue weighted by Gasteiger charge is 2.24. The van der Waals surface area contributed by atoms with E-state index in [-0.39, 0.29) is 24.9 Å². The highest BCUT2D eigenvalue weighted by molar-refractivity contribution is 5.77. The Labute approximate surface area is 381 Å². The van der Waals surface area contributed by atoms with Gasteiger partial charge in [0.25, 0.3) is 0 Å². The highest BCUT2D eigenvalue weighted by atomic mass is 16.5. The van der Waals surface area contributed by atoms with E-state index in [2.05, 4.69) is 26.1 Å². The predicted octanol–water partition coefficient (Wildman–Crippen LogP) is 16.7. The molecule has 0 spiro atoms. The van der Waals surface area contributed by atoms with E-state index in [0.29, 0.717) is 19.3 Å². The summed E-state index contributed by atoms with van der Waals surface area (Å²) in [5.41, 5.74) is 0. The van der Waals surface area contributed by atoms with E-state index in [4.69, 9.17) is 4.74 Å². The standard InChI is InChI=1S/C55H109NO5/c1-4-7-10-13-16-19-21-23-25-26-27-28-29-31-33-36-39-42-45-48-55(60)61-51(46-43-40-37-34-18-15-12-9-6-3)49-54(59)56-52(50-57)53(58)47-44-41-38-35-32-30-24-22-20-17-14-11-8-5-2/h51-53,57-58H,4-50H2,1-3H3,(H,56,59). The van der Waals surface area contributed by atoms with Crippen LogP contribution in [0.1, 0.15) is 316 Å². The molecule has 0 aromatic rings. The third-order valence-corrected chi connectivity index (χ3v) is 13.2. The number of ether oxygens (including phenoxy) is 1. The molecule has 0 fully saturated rings. The molecule has 6 nitrogen and oxygen atoms in total. The Bertz CT molecular complexity index is 882. The second kappa shape index (κ2) is 49.9. The molecule has 0 heterocycles. The number of hydrogen-bond acceptors (Lipinski definition) is 5. The smallest absolute Gasteiger partial charge is 0.306 e. The fourth-order valence-corrected chi connectivity index (χ4v) is 8.96. The van der Waals surface area contributed by atoms with Gasteiger partial charge in [-0.2, -0.15) is 0 Å². The molecule has 0 radical (unpaired) electrons. The number of carbonyl (C=O) groups excluding carboxylic acids is 2. The molecule has 0 aromatic carbocycles. The first-order chi connectivity index (χ1) is 30.0. The molecule has 0 saturated heterocycles. The lowest BCUT2D eigenvalue weighted by Crippen LogP contribution is -2.46. The van der Waals surface area contributed by atoms with Crippen molar-refractivity contribution in [2.45, 2.75) is 334 Å². The van der Waals surface area contributed by atoms with E-state index in [1.54, 1.807) is 0 Å². The molecule has 0 bridgehead atoms. The van der Waals surface area contributed by atoms with Gasteiger partial charge >= 0.3 is 5.97 Å². The van der Waals surface area contributed by atoms with E-state index in [1.165, 1.54) is 231 Å². The summed E-state index contributed by atoms with van der Waals surface area (Å²) in [4.78, 5) is 26.1. The zero-order chi connectivity index (χ0) is 44.5. The SMILES string of the molecule is CCCCCCCCCCCCCCCCCCCCCC(=O)OC(CCCCCCCCCCC)CC(=O)NC(CO)C(O)CCCCCCCCCCCCCCCC. The fourth-order valence-electron chi connectivity index (χ4n) is 8.96. The first kappa shape index (κ1) is 59.9. The van der Waals surface area contributed by atoms with Gasteiger partial charge in [-0.25, -0.2) is 0 Å². The van der Waals surface area contributed by atoms with Crippen molar-refractivity contribution in [3.63, 3.8) is 0 Å². The topological polar surface area (TPSA) is 95.9 Å². The third kappa shape index (κ3) is 45.2. The molecule has 3 atom stereocenters. The van der Waals surface area contributed by atoms with Gasteiger partial charge in [-0.1, -0.05) is 278 Å². The molecule has 0 aliphatic heterocycles. The average molecular weight is 864 g/mol. The molecule has 1 amide bonds. The highest BCUT2D eigenvalue weighted by Crippen LogP contribution is 2.19. The summed E-state index contributed by atoms with van der Waals surface area (Å²) >= 11 is 0. The summed E-state index contributed by atoms with van der Waals surface area (Å²) < 4.78 is 5.94. The lowest BCUT2D eigenvalue weighted by molar-refractivity contribution is -0.151. The van der Waals surface area contributed by atoms with Crippen molar-refractivity contribution >= 4 is 11.9 Å². The Kier molecular flexibility index (Phi) is 48.9. The molecule has 364 valence electrons. The molecule has 3 N–H and O–H groups in total. The minimum absolute atomic E-state index is 0.0873. The van der Waals surface area contributed by atoms with Gasteiger partial charge in [0.1, 0.15) is 6.10 Å². The molecule has 6 heteroatoms. The van der Waals surface area contributed by atoms with Gasteiger partial charge in [-0.3, -0.25) is 9.59 Å². The Morgan fingerprint density at radius 3 is 1.00 bits per heavy atom. The number of hydrogen-bond donors (Lipinski definition) is 3. The van der Waals surface area contributed by atoms with Gasteiger partial charge < -0.3 is 20.3 Å². The Morgan fingerprint density at radius 1 is 0.410 bits per heavy atom. The van der Waals surface area contributed by atoms with Crippen LogP contribution in [-0.4, -0.2) is 46.9 Å². The van der Waals surface area contributed by atoms with Gasteiger partial charge in [0.2, 0.25) is 5.91 Å². The molecule has 61 heavy (non-hydrogen) atoms. The van der Waals surface area contributed by atoms with E-state index in [0.717, 1.165) is 38.5 Å². The van der Waals surface area contributed by atoms with Crippen molar-refractivity contribution < 1.29 is 24.5 Å². The number of rotatable bonds is 51.